The monoisotopic (exact) mass is 414 g/mol. The van der Waals surface area contributed by atoms with E-state index in [-0.39, 0.29) is 6.04 Å². The number of nitrogens with two attached hydrogens (primary N) is 1. The van der Waals surface area contributed by atoms with Crippen LogP contribution in [-0.2, 0) is 10.2 Å². The summed E-state index contributed by atoms with van der Waals surface area (Å²) in [6, 6.07) is 11.2. The smallest absolute Gasteiger partial charge is 0.277 e. The average molecular weight is 414 g/mol. The minimum Gasteiger partial charge on any atom is -0.493 e. The second-order valence-corrected chi connectivity index (χ2v) is 8.38. The number of benzene rings is 2. The third-order valence-corrected chi connectivity index (χ3v) is 6.33. The van der Waals surface area contributed by atoms with Crippen molar-refractivity contribution in [2.24, 2.45) is 5.14 Å². The van der Waals surface area contributed by atoms with Crippen molar-refractivity contribution in [1.29, 1.82) is 0 Å². The minimum atomic E-state index is -3.72. The van der Waals surface area contributed by atoms with Gasteiger partial charge in [0.05, 0.1) is 31.5 Å². The molecule has 152 valence electrons. The molecule has 0 spiro atoms. The van der Waals surface area contributed by atoms with Gasteiger partial charge in [-0.1, -0.05) is 24.3 Å². The van der Waals surface area contributed by atoms with Crippen molar-refractivity contribution >= 4 is 21.1 Å². The van der Waals surface area contributed by atoms with E-state index in [4.69, 9.17) is 14.6 Å². The molecule has 29 heavy (non-hydrogen) atoms. The number of fused-ring (bicyclic) bond motifs is 1. The largest absolute Gasteiger partial charge is 0.493 e. The van der Waals surface area contributed by atoms with Crippen LogP contribution in [-0.4, -0.2) is 43.5 Å². The topological polar surface area (TPSA) is 108 Å². The molecule has 2 aromatic carbocycles. The molecule has 1 aromatic heterocycles. The van der Waals surface area contributed by atoms with Gasteiger partial charge < -0.3 is 9.47 Å². The predicted octanol–water partition coefficient (Wildman–Crippen LogP) is 2.65. The van der Waals surface area contributed by atoms with Crippen LogP contribution in [0.1, 0.15) is 24.4 Å². The van der Waals surface area contributed by atoms with Crippen LogP contribution in [0.25, 0.3) is 22.2 Å². The minimum absolute atomic E-state index is 0.231. The van der Waals surface area contributed by atoms with Crippen molar-refractivity contribution in [3.05, 3.63) is 48.3 Å². The maximum absolute atomic E-state index is 11.8. The van der Waals surface area contributed by atoms with Crippen molar-refractivity contribution in [3.63, 3.8) is 0 Å². The molecule has 1 unspecified atom stereocenters. The molecule has 1 atom stereocenters. The molecule has 0 aliphatic carbocycles. The first-order chi connectivity index (χ1) is 13.9. The zero-order chi connectivity index (χ0) is 20.6. The maximum atomic E-state index is 11.8. The number of methoxy groups -OCH3 is 2. The van der Waals surface area contributed by atoms with Crippen LogP contribution in [0.4, 0.5) is 0 Å². The first-order valence-corrected chi connectivity index (χ1v) is 10.7. The van der Waals surface area contributed by atoms with Gasteiger partial charge in [0, 0.05) is 23.6 Å². The van der Waals surface area contributed by atoms with Crippen LogP contribution in [0.15, 0.2) is 42.7 Å². The highest BCUT2D eigenvalue weighted by Gasteiger charge is 2.32. The molecule has 0 bridgehead atoms. The SMILES string of the molecule is COc1cc2ncnc(-c3ccc(C4CCCN4S(N)(=O)=O)cc3)c2cc1OC. The molecule has 2 N–H and O–H groups in total. The van der Waals surface area contributed by atoms with E-state index < -0.39 is 10.2 Å². The summed E-state index contributed by atoms with van der Waals surface area (Å²) in [5.74, 6) is 1.20. The fourth-order valence-corrected chi connectivity index (χ4v) is 4.82. The Bertz CT molecular complexity index is 1150. The molecule has 2 heterocycles. The zero-order valence-corrected chi connectivity index (χ0v) is 17.0. The van der Waals surface area contributed by atoms with Gasteiger partial charge in [-0.05, 0) is 24.5 Å². The molecule has 0 amide bonds. The van der Waals surface area contributed by atoms with Crippen LogP contribution in [0.2, 0.25) is 0 Å². The standard InChI is InChI=1S/C20H22N4O4S/c1-27-18-10-15-16(11-19(18)28-2)22-12-23-20(15)14-7-5-13(6-8-14)17-4-3-9-24(17)29(21,25)26/h5-8,10-12,17H,3-4,9H2,1-2H3,(H2,21,25,26). The van der Waals surface area contributed by atoms with Gasteiger partial charge in [0.15, 0.2) is 11.5 Å². The summed E-state index contributed by atoms with van der Waals surface area (Å²) in [7, 11) is -0.552. The van der Waals surface area contributed by atoms with Gasteiger partial charge in [-0.3, -0.25) is 0 Å². The van der Waals surface area contributed by atoms with Crippen molar-refractivity contribution in [2.75, 3.05) is 20.8 Å². The number of nitrogens with zero attached hydrogens (tertiary/aromatic N) is 3. The van der Waals surface area contributed by atoms with E-state index in [2.05, 4.69) is 9.97 Å². The fourth-order valence-electron chi connectivity index (χ4n) is 3.85. The van der Waals surface area contributed by atoms with E-state index in [1.54, 1.807) is 14.2 Å². The lowest BCUT2D eigenvalue weighted by atomic mass is 10.0. The first-order valence-electron chi connectivity index (χ1n) is 9.19. The van der Waals surface area contributed by atoms with Crippen molar-refractivity contribution in [2.45, 2.75) is 18.9 Å². The van der Waals surface area contributed by atoms with Gasteiger partial charge in [0.2, 0.25) is 0 Å². The van der Waals surface area contributed by atoms with Gasteiger partial charge in [-0.2, -0.15) is 12.7 Å². The third kappa shape index (κ3) is 3.64. The molecule has 1 saturated heterocycles. The quantitative estimate of drug-likeness (QED) is 0.688. The van der Waals surface area contributed by atoms with Crippen molar-refractivity contribution < 1.29 is 17.9 Å². The third-order valence-electron chi connectivity index (χ3n) is 5.24. The zero-order valence-electron chi connectivity index (χ0n) is 16.2. The van der Waals surface area contributed by atoms with Gasteiger partial charge in [-0.15, -0.1) is 0 Å². The van der Waals surface area contributed by atoms with E-state index in [1.165, 1.54) is 10.6 Å². The second-order valence-electron chi connectivity index (χ2n) is 6.88. The highest BCUT2D eigenvalue weighted by atomic mass is 32.2. The normalized spacial score (nSPS) is 17.6. The van der Waals surface area contributed by atoms with E-state index in [0.29, 0.717) is 18.0 Å². The summed E-state index contributed by atoms with van der Waals surface area (Å²) >= 11 is 0. The lowest BCUT2D eigenvalue weighted by Crippen LogP contribution is -2.36. The van der Waals surface area contributed by atoms with E-state index in [9.17, 15) is 8.42 Å². The Morgan fingerprint density at radius 2 is 1.76 bits per heavy atom. The van der Waals surface area contributed by atoms with Crippen molar-refractivity contribution in [3.8, 4) is 22.8 Å². The number of hydrogen-bond donors (Lipinski definition) is 1. The molecule has 4 rings (SSSR count). The number of hydrogen-bond acceptors (Lipinski definition) is 6. The Hall–Kier alpha value is -2.75. The number of ether oxygens (including phenoxy) is 2. The molecule has 8 nitrogen and oxygen atoms in total. The summed E-state index contributed by atoms with van der Waals surface area (Å²) in [6.45, 7) is 0.448. The highest BCUT2D eigenvalue weighted by Crippen LogP contribution is 2.37. The fraction of sp³-hybridized carbons (Fsp3) is 0.300. The van der Waals surface area contributed by atoms with Gasteiger partial charge in [0.1, 0.15) is 6.33 Å². The van der Waals surface area contributed by atoms with Gasteiger partial charge in [0.25, 0.3) is 10.2 Å². The van der Waals surface area contributed by atoms with E-state index >= 15 is 0 Å². The Kier molecular flexibility index (Phi) is 5.12. The average Bonchev–Trinajstić information content (AvgIpc) is 3.23. The van der Waals surface area contributed by atoms with Crippen LogP contribution >= 0.6 is 0 Å². The van der Waals surface area contributed by atoms with Crippen LogP contribution < -0.4 is 14.6 Å². The molecule has 1 aliphatic heterocycles. The summed E-state index contributed by atoms with van der Waals surface area (Å²) in [5, 5.41) is 6.20. The lowest BCUT2D eigenvalue weighted by Gasteiger charge is -2.22. The second kappa shape index (κ2) is 7.58. The molecule has 1 fully saturated rings. The van der Waals surface area contributed by atoms with Crippen LogP contribution in [0.3, 0.4) is 0 Å². The van der Waals surface area contributed by atoms with Crippen LogP contribution in [0, 0.1) is 0 Å². The molecule has 3 aromatic rings. The Labute approximate surface area is 169 Å². The van der Waals surface area contributed by atoms with Crippen molar-refractivity contribution in [1.82, 2.24) is 14.3 Å². The summed E-state index contributed by atoms with van der Waals surface area (Å²) < 4.78 is 35.8. The molecular formula is C20H22N4O4S. The summed E-state index contributed by atoms with van der Waals surface area (Å²) in [5.41, 5.74) is 3.32. The Morgan fingerprint density at radius 1 is 1.07 bits per heavy atom. The van der Waals surface area contributed by atoms with Crippen LogP contribution in [0.5, 0.6) is 11.5 Å². The molecule has 9 heteroatoms. The Morgan fingerprint density at radius 3 is 2.41 bits per heavy atom. The lowest BCUT2D eigenvalue weighted by molar-refractivity contribution is 0.356. The maximum Gasteiger partial charge on any atom is 0.277 e. The predicted molar refractivity (Wildman–Crippen MR) is 110 cm³/mol. The first kappa shape index (κ1) is 19.6. The number of rotatable bonds is 5. The molecule has 0 saturated carbocycles. The summed E-state index contributed by atoms with van der Waals surface area (Å²) in [4.78, 5) is 8.79. The Balaban J connectivity index is 1.74. The highest BCUT2D eigenvalue weighted by molar-refractivity contribution is 7.86. The van der Waals surface area contributed by atoms with E-state index in [1.807, 2.05) is 36.4 Å². The number of aromatic nitrogens is 2. The van der Waals surface area contributed by atoms with E-state index in [0.717, 1.165) is 40.6 Å². The molecule has 1 aliphatic rings. The molecule has 0 radical (unpaired) electrons. The summed E-state index contributed by atoms with van der Waals surface area (Å²) in [6.07, 6.45) is 3.06. The molecular weight excluding hydrogens is 392 g/mol. The van der Waals surface area contributed by atoms with Gasteiger partial charge in [-0.25, -0.2) is 15.1 Å². The van der Waals surface area contributed by atoms with Gasteiger partial charge >= 0.3 is 0 Å².